The molecule has 0 saturated heterocycles. The number of hydrogen-bond acceptors (Lipinski definition) is 4. The van der Waals surface area contributed by atoms with E-state index >= 15 is 0 Å². The van der Waals surface area contributed by atoms with Crippen LogP contribution in [0.15, 0.2) is 24.4 Å². The molecule has 0 aliphatic carbocycles. The number of amides is 1. The molecule has 0 N–H and O–H groups in total. The van der Waals surface area contributed by atoms with Gasteiger partial charge in [0.05, 0.1) is 37.2 Å². The number of hydrogen-bond donors (Lipinski definition) is 0. The minimum absolute atomic E-state index is 0.0671. The number of fused-ring (bicyclic) bond motifs is 2. The lowest BCUT2D eigenvalue weighted by Gasteiger charge is -2.27. The van der Waals surface area contributed by atoms with Gasteiger partial charge in [0, 0.05) is 25.5 Å². The highest BCUT2D eigenvalue weighted by Gasteiger charge is 2.24. The Morgan fingerprint density at radius 2 is 2.13 bits per heavy atom. The molecule has 0 saturated carbocycles. The molecule has 2 aromatic rings. The zero-order valence-electron chi connectivity index (χ0n) is 12.9. The third-order valence-electron chi connectivity index (χ3n) is 4.56. The highest BCUT2D eigenvalue weighted by molar-refractivity contribution is 5.93. The predicted molar refractivity (Wildman–Crippen MR) is 82.7 cm³/mol. The first-order valence-corrected chi connectivity index (χ1v) is 7.74. The first kappa shape index (κ1) is 14.0. The lowest BCUT2D eigenvalue weighted by Crippen LogP contribution is -2.37. The van der Waals surface area contributed by atoms with Crippen molar-refractivity contribution in [1.29, 1.82) is 0 Å². The van der Waals surface area contributed by atoms with Crippen molar-refractivity contribution in [1.82, 2.24) is 14.7 Å². The molecule has 1 amide bonds. The summed E-state index contributed by atoms with van der Waals surface area (Å²) < 4.78 is 7.06. The molecule has 4 rings (SSSR count). The average molecular weight is 311 g/mol. The van der Waals surface area contributed by atoms with Crippen LogP contribution < -0.4 is 0 Å². The van der Waals surface area contributed by atoms with Crippen molar-refractivity contribution < 1.29 is 14.3 Å². The fourth-order valence-corrected chi connectivity index (χ4v) is 3.24. The largest absolute Gasteiger partial charge is 0.462 e. The van der Waals surface area contributed by atoms with Gasteiger partial charge in [-0.3, -0.25) is 9.48 Å². The standard InChI is InChI=1S/C17H17N3O3/c1-11(21)19-5-6-20-16(10-19)15(9-18-20)13-3-2-12-4-7-23-17(22)14(12)8-13/h2-3,8-9H,4-7,10H2,1H3. The van der Waals surface area contributed by atoms with Crippen LogP contribution in [0.2, 0.25) is 0 Å². The maximum atomic E-state index is 11.9. The maximum Gasteiger partial charge on any atom is 0.338 e. The quantitative estimate of drug-likeness (QED) is 0.751. The molecule has 2 aliphatic rings. The molecule has 1 aromatic heterocycles. The summed E-state index contributed by atoms with van der Waals surface area (Å²) in [6, 6.07) is 5.88. The Balaban J connectivity index is 1.75. The van der Waals surface area contributed by atoms with E-state index in [9.17, 15) is 9.59 Å². The Kier molecular flexibility index (Phi) is 3.18. The number of cyclic esters (lactones) is 1. The van der Waals surface area contributed by atoms with Crippen LogP contribution >= 0.6 is 0 Å². The molecule has 0 spiro atoms. The second-order valence-corrected chi connectivity index (χ2v) is 5.93. The van der Waals surface area contributed by atoms with Crippen LogP contribution in [0.5, 0.6) is 0 Å². The van der Waals surface area contributed by atoms with Crippen molar-refractivity contribution in [2.45, 2.75) is 26.4 Å². The summed E-state index contributed by atoms with van der Waals surface area (Å²) in [7, 11) is 0. The zero-order chi connectivity index (χ0) is 16.0. The van der Waals surface area contributed by atoms with Gasteiger partial charge in [0.2, 0.25) is 5.91 Å². The number of benzene rings is 1. The summed E-state index contributed by atoms with van der Waals surface area (Å²) >= 11 is 0. The molecule has 2 aliphatic heterocycles. The predicted octanol–water partition coefficient (Wildman–Crippen LogP) is 1.63. The van der Waals surface area contributed by atoms with Crippen molar-refractivity contribution >= 4 is 11.9 Å². The average Bonchev–Trinajstić information content (AvgIpc) is 2.98. The highest BCUT2D eigenvalue weighted by Crippen LogP contribution is 2.30. The second kappa shape index (κ2) is 5.22. The molecule has 23 heavy (non-hydrogen) atoms. The third kappa shape index (κ3) is 2.30. The van der Waals surface area contributed by atoms with E-state index in [1.165, 1.54) is 0 Å². The Labute approximate surface area is 133 Å². The van der Waals surface area contributed by atoms with E-state index in [4.69, 9.17) is 4.74 Å². The Morgan fingerprint density at radius 3 is 2.96 bits per heavy atom. The van der Waals surface area contributed by atoms with Crippen molar-refractivity contribution in [2.75, 3.05) is 13.2 Å². The van der Waals surface area contributed by atoms with Crippen LogP contribution in [0.4, 0.5) is 0 Å². The summed E-state index contributed by atoms with van der Waals surface area (Å²) in [6.07, 6.45) is 2.57. The molecule has 6 nitrogen and oxygen atoms in total. The maximum absolute atomic E-state index is 11.9. The fourth-order valence-electron chi connectivity index (χ4n) is 3.24. The van der Waals surface area contributed by atoms with Crippen LogP contribution in [0, 0.1) is 0 Å². The number of nitrogens with zero attached hydrogens (tertiary/aromatic N) is 3. The zero-order valence-corrected chi connectivity index (χ0v) is 12.9. The van der Waals surface area contributed by atoms with Gasteiger partial charge in [-0.15, -0.1) is 0 Å². The Morgan fingerprint density at radius 1 is 1.26 bits per heavy atom. The topological polar surface area (TPSA) is 64.4 Å². The van der Waals surface area contributed by atoms with E-state index in [0.717, 1.165) is 28.8 Å². The molecule has 3 heterocycles. The van der Waals surface area contributed by atoms with Gasteiger partial charge < -0.3 is 9.64 Å². The second-order valence-electron chi connectivity index (χ2n) is 5.93. The van der Waals surface area contributed by atoms with Crippen molar-refractivity contribution in [2.24, 2.45) is 0 Å². The van der Waals surface area contributed by atoms with Gasteiger partial charge in [0.1, 0.15) is 0 Å². The molecule has 0 bridgehead atoms. The van der Waals surface area contributed by atoms with Crippen LogP contribution in [0.3, 0.4) is 0 Å². The number of esters is 1. The molecule has 0 atom stereocenters. The van der Waals surface area contributed by atoms with Crippen molar-refractivity contribution in [3.63, 3.8) is 0 Å². The number of ether oxygens (including phenoxy) is 1. The van der Waals surface area contributed by atoms with Crippen molar-refractivity contribution in [3.8, 4) is 11.1 Å². The monoisotopic (exact) mass is 311 g/mol. The lowest BCUT2D eigenvalue weighted by atomic mass is 9.96. The minimum Gasteiger partial charge on any atom is -0.462 e. The first-order valence-electron chi connectivity index (χ1n) is 7.74. The van der Waals surface area contributed by atoms with Gasteiger partial charge in [0.25, 0.3) is 0 Å². The smallest absolute Gasteiger partial charge is 0.338 e. The summed E-state index contributed by atoms with van der Waals surface area (Å²) in [6.45, 7) is 3.95. The van der Waals surface area contributed by atoms with E-state index in [-0.39, 0.29) is 11.9 Å². The Hall–Kier alpha value is -2.63. The number of carbonyl (C=O) groups excluding carboxylic acids is 2. The van der Waals surface area contributed by atoms with Gasteiger partial charge in [-0.25, -0.2) is 4.79 Å². The number of aromatic nitrogens is 2. The van der Waals surface area contributed by atoms with Gasteiger partial charge in [-0.05, 0) is 17.2 Å². The number of carbonyl (C=O) groups is 2. The summed E-state index contributed by atoms with van der Waals surface area (Å²) in [4.78, 5) is 25.4. The molecular weight excluding hydrogens is 294 g/mol. The first-order chi connectivity index (χ1) is 11.1. The van der Waals surface area contributed by atoms with Gasteiger partial charge in [-0.1, -0.05) is 12.1 Å². The van der Waals surface area contributed by atoms with E-state index in [1.807, 2.05) is 34.0 Å². The highest BCUT2D eigenvalue weighted by atomic mass is 16.5. The molecule has 118 valence electrons. The van der Waals surface area contributed by atoms with Crippen LogP contribution in [-0.2, 0) is 29.0 Å². The SMILES string of the molecule is CC(=O)N1CCn2ncc(-c3ccc4c(c3)C(=O)OCC4)c2C1. The molecular formula is C17H17N3O3. The van der Waals surface area contributed by atoms with E-state index in [1.54, 1.807) is 6.92 Å². The third-order valence-corrected chi connectivity index (χ3v) is 4.56. The fraction of sp³-hybridized carbons (Fsp3) is 0.353. The molecule has 0 unspecified atom stereocenters. The summed E-state index contributed by atoms with van der Waals surface area (Å²) in [5.74, 6) is -0.197. The van der Waals surface area contributed by atoms with Crippen LogP contribution in [0.25, 0.3) is 11.1 Å². The normalized spacial score (nSPS) is 16.6. The molecule has 6 heteroatoms. The van der Waals surface area contributed by atoms with E-state index < -0.39 is 0 Å². The van der Waals surface area contributed by atoms with E-state index in [0.29, 0.717) is 31.8 Å². The van der Waals surface area contributed by atoms with E-state index in [2.05, 4.69) is 5.10 Å². The molecule has 0 radical (unpaired) electrons. The Bertz CT molecular complexity index is 809. The van der Waals surface area contributed by atoms with Crippen LogP contribution in [0.1, 0.15) is 28.5 Å². The minimum atomic E-state index is -0.264. The van der Waals surface area contributed by atoms with Crippen molar-refractivity contribution in [3.05, 3.63) is 41.2 Å². The summed E-state index contributed by atoms with van der Waals surface area (Å²) in [5, 5.41) is 4.42. The molecule has 0 fully saturated rings. The van der Waals surface area contributed by atoms with Gasteiger partial charge in [0.15, 0.2) is 0 Å². The lowest BCUT2D eigenvalue weighted by molar-refractivity contribution is -0.130. The van der Waals surface area contributed by atoms with Gasteiger partial charge in [-0.2, -0.15) is 5.10 Å². The van der Waals surface area contributed by atoms with Gasteiger partial charge >= 0.3 is 5.97 Å². The number of rotatable bonds is 1. The molecule has 1 aromatic carbocycles. The van der Waals surface area contributed by atoms with Crippen LogP contribution in [-0.4, -0.2) is 39.7 Å². The summed E-state index contributed by atoms with van der Waals surface area (Å²) in [5.41, 5.74) is 4.58.